The first-order valence-corrected chi connectivity index (χ1v) is 8.95. The number of carbonyl (C=O) groups excluding carboxylic acids is 1. The van der Waals surface area contributed by atoms with E-state index in [9.17, 15) is 28.1 Å². The summed E-state index contributed by atoms with van der Waals surface area (Å²) in [5.74, 6) is -2.00. The molecule has 11 heteroatoms. The van der Waals surface area contributed by atoms with Crippen molar-refractivity contribution in [3.8, 4) is 0 Å². The Hall–Kier alpha value is -3.47. The molecule has 2 aromatic rings. The Morgan fingerprint density at radius 1 is 1.15 bits per heavy atom. The molecule has 2 rings (SSSR count). The molecule has 2 aromatic carbocycles. The molecule has 0 aliphatic rings. The maximum atomic E-state index is 12.5. The first kappa shape index (κ1) is 19.8. The number of carboxylic acid groups (broad SMARTS) is 1. The van der Waals surface area contributed by atoms with Gasteiger partial charge in [-0.2, -0.15) is 0 Å². The van der Waals surface area contributed by atoms with Crippen molar-refractivity contribution in [1.82, 2.24) is 0 Å². The number of nitrogens with one attached hydrogen (secondary N) is 1. The van der Waals surface area contributed by atoms with Gasteiger partial charge in [0.05, 0.1) is 22.7 Å². The van der Waals surface area contributed by atoms with Crippen molar-refractivity contribution in [2.45, 2.75) is 11.8 Å². The largest absolute Gasteiger partial charge is 0.478 e. The average molecular weight is 394 g/mol. The SMILES string of the molecule is CCOC(=O)c1ccc(NS(=O)(=O)c2ccc(C(=O)O)cc2[N+](=O)[O-])cc1. The molecule has 0 aromatic heterocycles. The topological polar surface area (TPSA) is 153 Å². The van der Waals surface area contributed by atoms with Crippen LogP contribution in [0.5, 0.6) is 0 Å². The molecular formula is C16H14N2O8S. The summed E-state index contributed by atoms with van der Waals surface area (Å²) in [4.78, 5) is 32.0. The second-order valence-electron chi connectivity index (χ2n) is 5.15. The van der Waals surface area contributed by atoms with E-state index in [1.165, 1.54) is 24.3 Å². The van der Waals surface area contributed by atoms with Crippen molar-refractivity contribution in [3.63, 3.8) is 0 Å². The second-order valence-corrected chi connectivity index (χ2v) is 6.80. The van der Waals surface area contributed by atoms with Gasteiger partial charge in [0, 0.05) is 11.8 Å². The van der Waals surface area contributed by atoms with Crippen LogP contribution in [-0.2, 0) is 14.8 Å². The number of hydrogen-bond donors (Lipinski definition) is 2. The van der Waals surface area contributed by atoms with Crippen LogP contribution in [0.25, 0.3) is 0 Å². The van der Waals surface area contributed by atoms with Crippen LogP contribution in [0.2, 0.25) is 0 Å². The molecule has 27 heavy (non-hydrogen) atoms. The van der Waals surface area contributed by atoms with E-state index < -0.39 is 43.0 Å². The third-order valence-electron chi connectivity index (χ3n) is 3.34. The van der Waals surface area contributed by atoms with Gasteiger partial charge in [0.25, 0.3) is 15.7 Å². The summed E-state index contributed by atoms with van der Waals surface area (Å²) in [6.07, 6.45) is 0. The number of esters is 1. The predicted molar refractivity (Wildman–Crippen MR) is 93.3 cm³/mol. The third-order valence-corrected chi connectivity index (χ3v) is 4.77. The van der Waals surface area contributed by atoms with Gasteiger partial charge in [-0.25, -0.2) is 18.0 Å². The molecule has 10 nitrogen and oxygen atoms in total. The Balaban J connectivity index is 2.35. The zero-order valence-corrected chi connectivity index (χ0v) is 14.7. The van der Waals surface area contributed by atoms with Gasteiger partial charge in [-0.05, 0) is 43.3 Å². The van der Waals surface area contributed by atoms with E-state index in [4.69, 9.17) is 9.84 Å². The van der Waals surface area contributed by atoms with Crippen molar-refractivity contribution in [2.24, 2.45) is 0 Å². The molecule has 2 N–H and O–H groups in total. The van der Waals surface area contributed by atoms with Gasteiger partial charge in [-0.15, -0.1) is 0 Å². The molecule has 0 spiro atoms. The quantitative estimate of drug-likeness (QED) is 0.412. The Labute approximate surface area is 153 Å². The smallest absolute Gasteiger partial charge is 0.338 e. The highest BCUT2D eigenvalue weighted by atomic mass is 32.2. The minimum Gasteiger partial charge on any atom is -0.478 e. The van der Waals surface area contributed by atoms with Crippen LogP contribution >= 0.6 is 0 Å². The molecule has 0 atom stereocenters. The fourth-order valence-electron chi connectivity index (χ4n) is 2.12. The lowest BCUT2D eigenvalue weighted by molar-refractivity contribution is -0.387. The van der Waals surface area contributed by atoms with Crippen molar-refractivity contribution in [3.05, 3.63) is 63.7 Å². The Kier molecular flexibility index (Phi) is 5.75. The number of sulfonamides is 1. The minimum atomic E-state index is -4.38. The normalized spacial score (nSPS) is 10.9. The number of benzene rings is 2. The number of carboxylic acids is 1. The van der Waals surface area contributed by atoms with E-state index in [2.05, 4.69) is 4.72 Å². The van der Waals surface area contributed by atoms with Crippen LogP contribution in [0, 0.1) is 10.1 Å². The van der Waals surface area contributed by atoms with Crippen LogP contribution in [0.3, 0.4) is 0 Å². The fourth-order valence-corrected chi connectivity index (χ4v) is 3.33. The molecule has 0 aliphatic heterocycles. The number of hydrogen-bond acceptors (Lipinski definition) is 7. The molecule has 0 saturated heterocycles. The molecule has 0 saturated carbocycles. The number of nitro benzene ring substituents is 1. The van der Waals surface area contributed by atoms with E-state index in [0.717, 1.165) is 12.1 Å². The van der Waals surface area contributed by atoms with Gasteiger partial charge in [-0.1, -0.05) is 0 Å². The molecule has 0 heterocycles. The van der Waals surface area contributed by atoms with Gasteiger partial charge in [0.1, 0.15) is 0 Å². The standard InChI is InChI=1S/C16H14N2O8S/c1-2-26-16(21)10-3-6-12(7-4-10)17-27(24,25)14-8-5-11(15(19)20)9-13(14)18(22)23/h3-9,17H,2H2,1H3,(H,19,20). The Bertz CT molecular complexity index is 1000. The Morgan fingerprint density at radius 3 is 2.26 bits per heavy atom. The van der Waals surface area contributed by atoms with Crippen molar-refractivity contribution in [2.75, 3.05) is 11.3 Å². The Morgan fingerprint density at radius 2 is 1.74 bits per heavy atom. The first-order valence-electron chi connectivity index (χ1n) is 7.47. The summed E-state index contributed by atoms with van der Waals surface area (Å²) < 4.78 is 31.9. The highest BCUT2D eigenvalue weighted by molar-refractivity contribution is 7.92. The van der Waals surface area contributed by atoms with Crippen LogP contribution in [0.4, 0.5) is 11.4 Å². The van der Waals surface area contributed by atoms with Gasteiger partial charge in [0.15, 0.2) is 4.90 Å². The lowest BCUT2D eigenvalue weighted by atomic mass is 10.2. The first-order chi connectivity index (χ1) is 12.7. The van der Waals surface area contributed by atoms with E-state index in [1.54, 1.807) is 6.92 Å². The number of nitrogens with zero attached hydrogens (tertiary/aromatic N) is 1. The molecule has 0 radical (unpaired) electrons. The zero-order chi connectivity index (χ0) is 20.2. The lowest BCUT2D eigenvalue weighted by Crippen LogP contribution is -2.15. The predicted octanol–water partition coefficient (Wildman–Crippen LogP) is 2.27. The number of rotatable bonds is 7. The summed E-state index contributed by atoms with van der Waals surface area (Å²) in [6.45, 7) is 1.83. The molecular weight excluding hydrogens is 380 g/mol. The number of aromatic carboxylic acids is 1. The monoisotopic (exact) mass is 394 g/mol. The summed E-state index contributed by atoms with van der Waals surface area (Å²) >= 11 is 0. The molecule has 142 valence electrons. The molecule has 0 amide bonds. The van der Waals surface area contributed by atoms with Gasteiger partial charge >= 0.3 is 11.9 Å². The number of anilines is 1. The maximum Gasteiger partial charge on any atom is 0.338 e. The number of ether oxygens (including phenoxy) is 1. The maximum absolute atomic E-state index is 12.5. The van der Waals surface area contributed by atoms with Crippen LogP contribution in [-0.4, -0.2) is 37.0 Å². The average Bonchev–Trinajstić information content (AvgIpc) is 2.61. The third kappa shape index (κ3) is 4.58. The van der Waals surface area contributed by atoms with Gasteiger partial charge in [-0.3, -0.25) is 14.8 Å². The van der Waals surface area contributed by atoms with Gasteiger partial charge in [0.2, 0.25) is 0 Å². The van der Waals surface area contributed by atoms with Crippen LogP contribution < -0.4 is 4.72 Å². The lowest BCUT2D eigenvalue weighted by Gasteiger charge is -2.09. The molecule has 0 aliphatic carbocycles. The fraction of sp³-hybridized carbons (Fsp3) is 0.125. The summed E-state index contributed by atoms with van der Waals surface area (Å²) in [5.41, 5.74) is -1.03. The zero-order valence-electron chi connectivity index (χ0n) is 13.9. The molecule has 0 unspecified atom stereocenters. The highest BCUT2D eigenvalue weighted by Gasteiger charge is 2.27. The minimum absolute atomic E-state index is 0.0552. The van der Waals surface area contributed by atoms with Crippen LogP contribution in [0.15, 0.2) is 47.4 Å². The molecule has 0 bridgehead atoms. The summed E-state index contributed by atoms with van der Waals surface area (Å²) in [5, 5.41) is 20.0. The molecule has 0 fully saturated rings. The van der Waals surface area contributed by atoms with Crippen molar-refractivity contribution < 1.29 is 32.8 Å². The van der Waals surface area contributed by atoms with E-state index in [1.807, 2.05) is 0 Å². The summed E-state index contributed by atoms with van der Waals surface area (Å²) in [6, 6.07) is 7.71. The van der Waals surface area contributed by atoms with E-state index in [-0.39, 0.29) is 17.9 Å². The van der Waals surface area contributed by atoms with Crippen LogP contribution in [0.1, 0.15) is 27.6 Å². The van der Waals surface area contributed by atoms with Crippen molar-refractivity contribution in [1.29, 1.82) is 0 Å². The van der Waals surface area contributed by atoms with Crippen molar-refractivity contribution >= 4 is 33.3 Å². The van der Waals surface area contributed by atoms with E-state index in [0.29, 0.717) is 6.07 Å². The van der Waals surface area contributed by atoms with Gasteiger partial charge < -0.3 is 9.84 Å². The number of nitro groups is 1. The second kappa shape index (κ2) is 7.83. The number of carbonyl (C=O) groups is 2. The van der Waals surface area contributed by atoms with E-state index >= 15 is 0 Å². The summed E-state index contributed by atoms with van der Waals surface area (Å²) in [7, 11) is -4.38. The highest BCUT2D eigenvalue weighted by Crippen LogP contribution is 2.27.